The number of rotatable bonds is 6. The van der Waals surface area contributed by atoms with Gasteiger partial charge in [-0.15, -0.1) is 0 Å². The molecular formula is C24H35F3O3. The highest BCUT2D eigenvalue weighted by Gasteiger charge is 2.59. The second kappa shape index (κ2) is 9.29. The summed E-state index contributed by atoms with van der Waals surface area (Å²) in [6, 6.07) is 0. The molecule has 0 amide bonds. The highest BCUT2D eigenvalue weighted by Crippen LogP contribution is 2.60. The molecule has 1 N–H and O–H groups in total. The molecule has 2 rings (SSSR count). The van der Waals surface area contributed by atoms with Gasteiger partial charge in [0.1, 0.15) is 0 Å². The van der Waals surface area contributed by atoms with Gasteiger partial charge in [0.25, 0.3) is 0 Å². The van der Waals surface area contributed by atoms with Gasteiger partial charge in [-0.1, -0.05) is 50.1 Å². The number of allylic oxidation sites excluding steroid dienone is 5. The molecule has 170 valence electrons. The van der Waals surface area contributed by atoms with Crippen LogP contribution in [0.3, 0.4) is 0 Å². The Morgan fingerprint density at radius 2 is 1.87 bits per heavy atom. The highest BCUT2D eigenvalue weighted by atomic mass is 19.4. The first-order valence-electron chi connectivity index (χ1n) is 10.7. The molecule has 0 spiro atoms. The first-order valence-corrected chi connectivity index (χ1v) is 10.7. The molecule has 0 radical (unpaired) electrons. The minimum absolute atomic E-state index is 0.0362. The second-order valence-corrected chi connectivity index (χ2v) is 9.49. The SMILES string of the molecule is C=C(C)/C(=C\C=C(C)C)[C@H]1CC[C@]2(C)[C@@H](O)[C@@H](C(=O)OCC(F)(F)F)C[C@H]2[C@@H]1CC. The van der Waals surface area contributed by atoms with Crippen molar-refractivity contribution in [2.75, 3.05) is 6.61 Å². The summed E-state index contributed by atoms with van der Waals surface area (Å²) < 4.78 is 41.9. The van der Waals surface area contributed by atoms with Gasteiger partial charge in [-0.05, 0) is 68.8 Å². The van der Waals surface area contributed by atoms with Crippen LogP contribution < -0.4 is 0 Å². The van der Waals surface area contributed by atoms with Crippen LogP contribution in [-0.4, -0.2) is 30.0 Å². The fourth-order valence-electron chi connectivity index (χ4n) is 5.59. The van der Waals surface area contributed by atoms with E-state index in [1.807, 2.05) is 27.7 Å². The van der Waals surface area contributed by atoms with E-state index in [9.17, 15) is 23.1 Å². The number of carbonyl (C=O) groups is 1. The summed E-state index contributed by atoms with van der Waals surface area (Å²) in [5.74, 6) is -1.35. The second-order valence-electron chi connectivity index (χ2n) is 9.49. The van der Waals surface area contributed by atoms with Gasteiger partial charge in [0, 0.05) is 0 Å². The maximum Gasteiger partial charge on any atom is 0.422 e. The molecule has 30 heavy (non-hydrogen) atoms. The normalized spacial score (nSPS) is 34.3. The van der Waals surface area contributed by atoms with Crippen molar-refractivity contribution in [2.45, 2.75) is 72.6 Å². The van der Waals surface area contributed by atoms with Gasteiger partial charge in [-0.25, -0.2) is 0 Å². The van der Waals surface area contributed by atoms with Gasteiger partial charge in [-0.3, -0.25) is 4.79 Å². The van der Waals surface area contributed by atoms with Crippen LogP contribution in [0.1, 0.15) is 60.3 Å². The Morgan fingerprint density at radius 1 is 1.23 bits per heavy atom. The summed E-state index contributed by atoms with van der Waals surface area (Å²) in [5.41, 5.74) is 2.86. The standard InChI is InChI=1S/C24H35F3O3/c1-7-16-18(17(15(4)5)9-8-14(2)3)10-11-23(6)20(16)12-19(21(23)28)22(29)30-13-24(25,26)27/h8-9,16,18-21,28H,4,7,10-13H2,1-3,5-6H3/b17-9+/t16-,18+,19+,20+,21+,23+/m1/s1. The zero-order valence-electron chi connectivity index (χ0n) is 18.7. The molecule has 6 atom stereocenters. The van der Waals surface area contributed by atoms with Gasteiger partial charge in [-0.2, -0.15) is 13.2 Å². The van der Waals surface area contributed by atoms with Gasteiger partial charge in [0.05, 0.1) is 12.0 Å². The lowest BCUT2D eigenvalue weighted by Crippen LogP contribution is -2.44. The molecule has 6 heteroatoms. The van der Waals surface area contributed by atoms with E-state index in [0.29, 0.717) is 12.8 Å². The minimum Gasteiger partial charge on any atom is -0.456 e. The molecule has 0 unspecified atom stereocenters. The molecule has 0 bridgehead atoms. The van der Waals surface area contributed by atoms with E-state index < -0.39 is 36.2 Å². The fraction of sp³-hybridized carbons (Fsp3) is 0.708. The smallest absolute Gasteiger partial charge is 0.422 e. The van der Waals surface area contributed by atoms with Crippen LogP contribution in [0.15, 0.2) is 35.5 Å². The van der Waals surface area contributed by atoms with Crippen molar-refractivity contribution in [3.05, 3.63) is 35.5 Å². The molecule has 0 aliphatic heterocycles. The summed E-state index contributed by atoms with van der Waals surface area (Å²) in [6.45, 7) is 12.7. The van der Waals surface area contributed by atoms with E-state index >= 15 is 0 Å². The number of hydrogen-bond donors (Lipinski definition) is 1. The van der Waals surface area contributed by atoms with Crippen LogP contribution >= 0.6 is 0 Å². The molecular weight excluding hydrogens is 393 g/mol. The van der Waals surface area contributed by atoms with Crippen molar-refractivity contribution in [1.82, 2.24) is 0 Å². The molecule has 0 heterocycles. The number of ether oxygens (including phenoxy) is 1. The Hall–Kier alpha value is -1.56. The zero-order valence-corrected chi connectivity index (χ0v) is 18.7. The zero-order chi connectivity index (χ0) is 22.9. The Kier molecular flexibility index (Phi) is 7.65. The van der Waals surface area contributed by atoms with Crippen molar-refractivity contribution in [3.8, 4) is 0 Å². The summed E-state index contributed by atoms with van der Waals surface area (Å²) >= 11 is 0. The number of aliphatic hydroxyl groups excluding tert-OH is 1. The van der Waals surface area contributed by atoms with E-state index in [2.05, 4.69) is 30.4 Å². The molecule has 0 aromatic heterocycles. The number of halogens is 3. The fourth-order valence-corrected chi connectivity index (χ4v) is 5.59. The lowest BCUT2D eigenvalue weighted by molar-refractivity contribution is -0.191. The molecule has 2 fully saturated rings. The Bertz CT molecular complexity index is 718. The molecule has 2 aliphatic rings. The van der Waals surface area contributed by atoms with Gasteiger partial charge >= 0.3 is 12.1 Å². The average Bonchev–Trinajstić information content (AvgIpc) is 2.90. The van der Waals surface area contributed by atoms with Crippen LogP contribution in [0.25, 0.3) is 0 Å². The molecule has 0 saturated heterocycles. The first-order chi connectivity index (χ1) is 13.8. The van der Waals surface area contributed by atoms with Crippen molar-refractivity contribution in [3.63, 3.8) is 0 Å². The molecule has 2 aliphatic carbocycles. The summed E-state index contributed by atoms with van der Waals surface area (Å²) in [5, 5.41) is 10.9. The van der Waals surface area contributed by atoms with Crippen molar-refractivity contribution in [1.29, 1.82) is 0 Å². The van der Waals surface area contributed by atoms with E-state index in [4.69, 9.17) is 0 Å². The van der Waals surface area contributed by atoms with Crippen LogP contribution in [0.5, 0.6) is 0 Å². The number of carbonyl (C=O) groups excluding carboxylic acids is 1. The van der Waals surface area contributed by atoms with Crippen LogP contribution in [-0.2, 0) is 9.53 Å². The summed E-state index contributed by atoms with van der Waals surface area (Å²) in [4.78, 5) is 12.4. The Labute approximate surface area is 178 Å². The Morgan fingerprint density at radius 3 is 2.37 bits per heavy atom. The number of alkyl halides is 3. The monoisotopic (exact) mass is 428 g/mol. The average molecular weight is 429 g/mol. The predicted molar refractivity (Wildman–Crippen MR) is 112 cm³/mol. The summed E-state index contributed by atoms with van der Waals surface area (Å²) in [6.07, 6.45) is 1.41. The van der Waals surface area contributed by atoms with Crippen molar-refractivity contribution in [2.24, 2.45) is 29.1 Å². The first kappa shape index (κ1) is 24.7. The van der Waals surface area contributed by atoms with Crippen LogP contribution in [0, 0.1) is 29.1 Å². The van der Waals surface area contributed by atoms with Crippen molar-refractivity contribution < 1.29 is 27.8 Å². The topological polar surface area (TPSA) is 46.5 Å². The molecule has 2 saturated carbocycles. The van der Waals surface area contributed by atoms with E-state index in [1.54, 1.807) is 0 Å². The molecule has 0 aromatic carbocycles. The maximum absolute atomic E-state index is 12.5. The third kappa shape index (κ3) is 5.19. The molecule has 3 nitrogen and oxygen atoms in total. The maximum atomic E-state index is 12.5. The third-order valence-corrected chi connectivity index (χ3v) is 7.08. The lowest BCUT2D eigenvalue weighted by atomic mass is 9.57. The third-order valence-electron chi connectivity index (χ3n) is 7.08. The Balaban J connectivity index is 2.30. The van der Waals surface area contributed by atoms with E-state index in [0.717, 1.165) is 18.4 Å². The predicted octanol–water partition coefficient (Wildman–Crippen LogP) is 6.00. The highest BCUT2D eigenvalue weighted by molar-refractivity contribution is 5.74. The number of esters is 1. The van der Waals surface area contributed by atoms with Gasteiger partial charge in [0.2, 0.25) is 0 Å². The number of fused-ring (bicyclic) bond motifs is 1. The van der Waals surface area contributed by atoms with Gasteiger partial charge in [0.15, 0.2) is 6.61 Å². The van der Waals surface area contributed by atoms with Crippen molar-refractivity contribution >= 4 is 5.97 Å². The molecule has 0 aromatic rings. The number of hydrogen-bond acceptors (Lipinski definition) is 3. The lowest BCUT2D eigenvalue weighted by Gasteiger charge is -2.48. The minimum atomic E-state index is -4.57. The number of aliphatic hydroxyl groups is 1. The summed E-state index contributed by atoms with van der Waals surface area (Å²) in [7, 11) is 0. The van der Waals surface area contributed by atoms with E-state index in [-0.39, 0.29) is 17.8 Å². The largest absolute Gasteiger partial charge is 0.456 e. The quantitative estimate of drug-likeness (QED) is 0.417. The van der Waals surface area contributed by atoms with Crippen LogP contribution in [0.4, 0.5) is 13.2 Å². The van der Waals surface area contributed by atoms with E-state index in [1.165, 1.54) is 11.1 Å². The van der Waals surface area contributed by atoms with Gasteiger partial charge < -0.3 is 9.84 Å². The van der Waals surface area contributed by atoms with Crippen LogP contribution in [0.2, 0.25) is 0 Å².